The number of hydrogen-bond donors (Lipinski definition) is 1. The molecule has 1 unspecified atom stereocenters. The maximum absolute atomic E-state index is 5.51. The summed E-state index contributed by atoms with van der Waals surface area (Å²) in [5, 5.41) is 5.69. The van der Waals surface area contributed by atoms with Crippen LogP contribution in [0.1, 0.15) is 16.9 Å². The first-order valence-corrected chi connectivity index (χ1v) is 6.54. The normalized spacial score (nSPS) is 29.0. The summed E-state index contributed by atoms with van der Waals surface area (Å²) < 4.78 is 5.51. The number of nitrogens with one attached hydrogen (secondary N) is 1. The molecule has 2 fully saturated rings. The number of rotatable bonds is 2. The summed E-state index contributed by atoms with van der Waals surface area (Å²) in [5.41, 5.74) is 1.80. The van der Waals surface area contributed by atoms with Crippen molar-refractivity contribution in [3.8, 4) is 0 Å². The summed E-state index contributed by atoms with van der Waals surface area (Å²) in [6.45, 7) is 6.44. The molecule has 82 valence electrons. The lowest BCUT2D eigenvalue weighted by Gasteiger charge is -2.45. The van der Waals surface area contributed by atoms with E-state index in [4.69, 9.17) is 4.74 Å². The maximum Gasteiger partial charge on any atom is 0.0596 e. The molecule has 1 aromatic heterocycles. The number of thiophene rings is 1. The van der Waals surface area contributed by atoms with Crippen molar-refractivity contribution in [3.05, 3.63) is 21.9 Å². The van der Waals surface area contributed by atoms with Gasteiger partial charge in [-0.1, -0.05) is 0 Å². The Balaban J connectivity index is 1.95. The van der Waals surface area contributed by atoms with Crippen LogP contribution >= 0.6 is 11.3 Å². The molecule has 2 aliphatic rings. The Hall–Kier alpha value is -0.380. The zero-order valence-corrected chi connectivity index (χ0v) is 9.90. The Morgan fingerprint density at radius 1 is 1.53 bits per heavy atom. The van der Waals surface area contributed by atoms with Gasteiger partial charge in [0.15, 0.2) is 0 Å². The smallest absolute Gasteiger partial charge is 0.0596 e. The second kappa shape index (κ2) is 3.58. The van der Waals surface area contributed by atoms with Crippen molar-refractivity contribution in [2.24, 2.45) is 5.92 Å². The molecular weight excluding hydrogens is 206 g/mol. The van der Waals surface area contributed by atoms with Crippen molar-refractivity contribution in [2.75, 3.05) is 26.3 Å². The molecule has 0 aromatic carbocycles. The van der Waals surface area contributed by atoms with Crippen LogP contribution in [0.25, 0.3) is 0 Å². The van der Waals surface area contributed by atoms with Crippen LogP contribution in [0.4, 0.5) is 0 Å². The second-order valence-corrected chi connectivity index (χ2v) is 5.69. The number of aryl methyl sites for hydroxylation is 1. The van der Waals surface area contributed by atoms with Crippen molar-refractivity contribution in [1.29, 1.82) is 0 Å². The molecule has 1 aromatic rings. The monoisotopic (exact) mass is 223 g/mol. The molecule has 0 amide bonds. The summed E-state index contributed by atoms with van der Waals surface area (Å²) in [5.74, 6) is 0.781. The average molecular weight is 223 g/mol. The van der Waals surface area contributed by atoms with Crippen molar-refractivity contribution in [2.45, 2.75) is 18.8 Å². The highest BCUT2D eigenvalue weighted by Crippen LogP contribution is 2.45. The summed E-state index contributed by atoms with van der Waals surface area (Å²) >= 11 is 1.91. The predicted molar refractivity (Wildman–Crippen MR) is 62.5 cm³/mol. The van der Waals surface area contributed by atoms with Gasteiger partial charge in [-0.2, -0.15) is 0 Å². The van der Waals surface area contributed by atoms with Crippen LogP contribution in [0.3, 0.4) is 0 Å². The molecule has 1 atom stereocenters. The van der Waals surface area contributed by atoms with Crippen LogP contribution in [-0.4, -0.2) is 26.3 Å². The van der Waals surface area contributed by atoms with E-state index < -0.39 is 0 Å². The Kier molecular flexibility index (Phi) is 2.34. The third kappa shape index (κ3) is 1.37. The number of ether oxygens (including phenoxy) is 1. The zero-order valence-electron chi connectivity index (χ0n) is 9.08. The van der Waals surface area contributed by atoms with Gasteiger partial charge in [0, 0.05) is 4.88 Å². The lowest BCUT2D eigenvalue weighted by atomic mass is 9.71. The van der Waals surface area contributed by atoms with Crippen LogP contribution in [0.2, 0.25) is 0 Å². The molecule has 2 nitrogen and oxygen atoms in total. The van der Waals surface area contributed by atoms with Crippen molar-refractivity contribution in [3.63, 3.8) is 0 Å². The number of hydrogen-bond acceptors (Lipinski definition) is 3. The Morgan fingerprint density at radius 2 is 2.40 bits per heavy atom. The molecule has 2 saturated heterocycles. The van der Waals surface area contributed by atoms with Gasteiger partial charge in [0.05, 0.1) is 18.6 Å². The van der Waals surface area contributed by atoms with Gasteiger partial charge in [-0.25, -0.2) is 0 Å². The van der Waals surface area contributed by atoms with E-state index in [0.717, 1.165) is 19.1 Å². The molecule has 3 heterocycles. The van der Waals surface area contributed by atoms with Gasteiger partial charge in [0.2, 0.25) is 0 Å². The van der Waals surface area contributed by atoms with Crippen LogP contribution in [-0.2, 0) is 10.2 Å². The summed E-state index contributed by atoms with van der Waals surface area (Å²) in [4.78, 5) is 1.57. The first kappa shape index (κ1) is 9.82. The van der Waals surface area contributed by atoms with Crippen molar-refractivity contribution in [1.82, 2.24) is 5.32 Å². The van der Waals surface area contributed by atoms with E-state index in [1.165, 1.54) is 25.1 Å². The highest BCUT2D eigenvalue weighted by Gasteiger charge is 2.49. The van der Waals surface area contributed by atoms with Crippen LogP contribution in [0.5, 0.6) is 0 Å². The fourth-order valence-corrected chi connectivity index (χ4v) is 4.06. The molecule has 3 rings (SSSR count). The quantitative estimate of drug-likeness (QED) is 0.827. The molecule has 1 N–H and O–H groups in total. The minimum absolute atomic E-state index is 0.349. The minimum Gasteiger partial charge on any atom is -0.379 e. The SMILES string of the molecule is Cc1ccsc1C1(C2CCNC2)COC1. The van der Waals surface area contributed by atoms with Crippen LogP contribution < -0.4 is 5.32 Å². The molecule has 0 radical (unpaired) electrons. The molecule has 15 heavy (non-hydrogen) atoms. The Bertz CT molecular complexity index is 350. The Labute approximate surface area is 94.6 Å². The maximum atomic E-state index is 5.51. The largest absolute Gasteiger partial charge is 0.379 e. The lowest BCUT2D eigenvalue weighted by Crippen LogP contribution is -2.52. The second-order valence-electron chi connectivity index (χ2n) is 4.77. The summed E-state index contributed by atoms with van der Waals surface area (Å²) in [6, 6.07) is 2.24. The average Bonchev–Trinajstić information content (AvgIpc) is 2.77. The fraction of sp³-hybridized carbons (Fsp3) is 0.667. The standard InChI is InChI=1S/C12H17NOS/c1-9-3-5-15-11(9)12(7-14-8-12)10-2-4-13-6-10/h3,5,10,13H,2,4,6-8H2,1H3. The van der Waals surface area contributed by atoms with Gasteiger partial charge < -0.3 is 10.1 Å². The van der Waals surface area contributed by atoms with Gasteiger partial charge in [0.1, 0.15) is 0 Å². The molecule has 0 spiro atoms. The van der Waals surface area contributed by atoms with E-state index in [1.54, 1.807) is 4.88 Å². The van der Waals surface area contributed by atoms with E-state index >= 15 is 0 Å². The minimum atomic E-state index is 0.349. The van der Waals surface area contributed by atoms with E-state index in [1.807, 2.05) is 11.3 Å². The third-order valence-electron chi connectivity index (χ3n) is 3.88. The lowest BCUT2D eigenvalue weighted by molar-refractivity contribution is -0.0852. The summed E-state index contributed by atoms with van der Waals surface area (Å²) in [7, 11) is 0. The molecule has 3 heteroatoms. The molecule has 0 saturated carbocycles. The van der Waals surface area contributed by atoms with E-state index in [9.17, 15) is 0 Å². The first-order valence-electron chi connectivity index (χ1n) is 5.66. The predicted octanol–water partition coefficient (Wildman–Crippen LogP) is 1.93. The zero-order chi connectivity index (χ0) is 10.3. The first-order chi connectivity index (χ1) is 7.33. The van der Waals surface area contributed by atoms with Crippen molar-refractivity contribution < 1.29 is 4.74 Å². The third-order valence-corrected chi connectivity index (χ3v) is 5.11. The van der Waals surface area contributed by atoms with E-state index in [2.05, 4.69) is 23.7 Å². The molecule has 0 bridgehead atoms. The molecule has 0 aliphatic carbocycles. The highest BCUT2D eigenvalue weighted by atomic mass is 32.1. The summed E-state index contributed by atoms with van der Waals surface area (Å²) in [6.07, 6.45) is 1.31. The fourth-order valence-electron chi connectivity index (χ4n) is 2.88. The highest BCUT2D eigenvalue weighted by molar-refractivity contribution is 7.10. The van der Waals surface area contributed by atoms with E-state index in [-0.39, 0.29) is 0 Å². The van der Waals surface area contributed by atoms with Crippen LogP contribution in [0.15, 0.2) is 11.4 Å². The molecular formula is C12H17NOS. The topological polar surface area (TPSA) is 21.3 Å². The Morgan fingerprint density at radius 3 is 2.87 bits per heavy atom. The van der Waals surface area contributed by atoms with E-state index in [0.29, 0.717) is 5.41 Å². The van der Waals surface area contributed by atoms with Crippen molar-refractivity contribution >= 4 is 11.3 Å². The molecule has 2 aliphatic heterocycles. The van der Waals surface area contributed by atoms with Gasteiger partial charge in [-0.15, -0.1) is 11.3 Å². The van der Waals surface area contributed by atoms with Gasteiger partial charge in [0.25, 0.3) is 0 Å². The van der Waals surface area contributed by atoms with Gasteiger partial charge >= 0.3 is 0 Å². The van der Waals surface area contributed by atoms with Gasteiger partial charge in [-0.3, -0.25) is 0 Å². The van der Waals surface area contributed by atoms with Crippen LogP contribution in [0, 0.1) is 12.8 Å². The van der Waals surface area contributed by atoms with Gasteiger partial charge in [-0.05, 0) is 49.4 Å².